The molecule has 0 spiro atoms. The predicted octanol–water partition coefficient (Wildman–Crippen LogP) is 3.62. The van der Waals surface area contributed by atoms with E-state index in [2.05, 4.69) is 49.0 Å². The van der Waals surface area contributed by atoms with Crippen LogP contribution in [0.4, 0.5) is 11.8 Å². The monoisotopic (exact) mass is 594 g/mol. The van der Waals surface area contributed by atoms with Crippen molar-refractivity contribution in [2.45, 2.75) is 57.4 Å². The summed E-state index contributed by atoms with van der Waals surface area (Å²) in [6.45, 7) is 15.0. The number of likely N-dealkylation sites (tertiary alicyclic amines) is 1. The van der Waals surface area contributed by atoms with Gasteiger partial charge in [-0.25, -0.2) is 4.98 Å². The summed E-state index contributed by atoms with van der Waals surface area (Å²) >= 11 is 0. The Hall–Kier alpha value is -2.40. The third-order valence-corrected chi connectivity index (χ3v) is 10.0. The maximum Gasteiger partial charge on any atom is 0.225 e. The fraction of sp³-hybridized carbons (Fsp3) is 0.758. The van der Waals surface area contributed by atoms with Crippen LogP contribution < -0.4 is 19.7 Å². The SMILES string of the molecule is COc1cc2c(N3CCN(C4CCCC4)CC3)nc(NCCCN3CCN(C)CC3)nc2cc1OCCCN1CCCC1. The zero-order valence-electron chi connectivity index (χ0n) is 26.7. The Morgan fingerprint density at radius 2 is 1.51 bits per heavy atom. The highest BCUT2D eigenvalue weighted by Crippen LogP contribution is 2.37. The number of piperazine rings is 2. The minimum Gasteiger partial charge on any atom is -0.493 e. The number of rotatable bonds is 13. The van der Waals surface area contributed by atoms with Crippen LogP contribution in [0, 0.1) is 0 Å². The van der Waals surface area contributed by atoms with Gasteiger partial charge in [0.15, 0.2) is 11.5 Å². The van der Waals surface area contributed by atoms with Crippen LogP contribution in [0.2, 0.25) is 0 Å². The van der Waals surface area contributed by atoms with E-state index in [4.69, 9.17) is 19.4 Å². The van der Waals surface area contributed by atoms with E-state index in [9.17, 15) is 0 Å². The molecule has 0 bridgehead atoms. The van der Waals surface area contributed by atoms with E-state index in [1.807, 2.05) is 0 Å². The summed E-state index contributed by atoms with van der Waals surface area (Å²) in [4.78, 5) is 22.8. The quantitative estimate of drug-likeness (QED) is 0.348. The molecular formula is C33H54N8O2. The summed E-state index contributed by atoms with van der Waals surface area (Å²) in [5, 5.41) is 4.62. The van der Waals surface area contributed by atoms with Crippen LogP contribution in [-0.4, -0.2) is 141 Å². The molecule has 0 unspecified atom stereocenters. The summed E-state index contributed by atoms with van der Waals surface area (Å²) in [7, 11) is 3.94. The van der Waals surface area contributed by atoms with Gasteiger partial charge in [0.25, 0.3) is 0 Å². The first-order chi connectivity index (χ1) is 21.2. The molecular weight excluding hydrogens is 540 g/mol. The molecule has 1 aromatic carbocycles. The van der Waals surface area contributed by atoms with Crippen LogP contribution >= 0.6 is 0 Å². The van der Waals surface area contributed by atoms with Crippen molar-refractivity contribution >= 4 is 22.7 Å². The molecule has 1 aromatic heterocycles. The van der Waals surface area contributed by atoms with Gasteiger partial charge in [-0.15, -0.1) is 0 Å². The van der Waals surface area contributed by atoms with Gasteiger partial charge in [-0.2, -0.15) is 4.98 Å². The van der Waals surface area contributed by atoms with Crippen molar-refractivity contribution in [2.75, 3.05) is 116 Å². The number of nitrogens with zero attached hydrogens (tertiary/aromatic N) is 7. The highest BCUT2D eigenvalue weighted by molar-refractivity contribution is 5.93. The average molecular weight is 595 g/mol. The third kappa shape index (κ3) is 8.01. The molecule has 0 atom stereocenters. The van der Waals surface area contributed by atoms with Crippen LogP contribution in [0.25, 0.3) is 10.9 Å². The van der Waals surface area contributed by atoms with Crippen molar-refractivity contribution < 1.29 is 9.47 Å². The minimum absolute atomic E-state index is 0.677. The molecule has 0 amide bonds. The molecule has 10 nitrogen and oxygen atoms in total. The van der Waals surface area contributed by atoms with E-state index in [1.165, 1.54) is 51.6 Å². The summed E-state index contributed by atoms with van der Waals surface area (Å²) in [5.41, 5.74) is 0.917. The number of aromatic nitrogens is 2. The Bertz CT molecular complexity index is 1150. The molecule has 43 heavy (non-hydrogen) atoms. The molecule has 4 heterocycles. The summed E-state index contributed by atoms with van der Waals surface area (Å²) in [6.07, 6.45) is 10.2. The van der Waals surface area contributed by atoms with Gasteiger partial charge in [0.1, 0.15) is 5.82 Å². The highest BCUT2D eigenvalue weighted by Gasteiger charge is 2.28. The fourth-order valence-electron chi connectivity index (χ4n) is 7.33. The van der Waals surface area contributed by atoms with Gasteiger partial charge in [0.2, 0.25) is 5.95 Å². The molecule has 0 radical (unpaired) electrons. The van der Waals surface area contributed by atoms with Crippen molar-refractivity contribution in [2.24, 2.45) is 0 Å². The second kappa shape index (κ2) is 15.1. The first-order valence-electron chi connectivity index (χ1n) is 17.0. The van der Waals surface area contributed by atoms with Crippen LogP contribution in [0.15, 0.2) is 12.1 Å². The lowest BCUT2D eigenvalue weighted by molar-refractivity contribution is 0.154. The van der Waals surface area contributed by atoms with Crippen molar-refractivity contribution in [3.63, 3.8) is 0 Å². The van der Waals surface area contributed by atoms with Gasteiger partial charge in [-0.3, -0.25) is 4.90 Å². The first-order valence-corrected chi connectivity index (χ1v) is 17.0. The maximum absolute atomic E-state index is 6.30. The number of fused-ring (bicyclic) bond motifs is 1. The molecule has 4 aliphatic rings. The van der Waals surface area contributed by atoms with E-state index in [0.29, 0.717) is 12.6 Å². The molecule has 1 N–H and O–H groups in total. The number of nitrogens with one attached hydrogen (secondary N) is 1. The van der Waals surface area contributed by atoms with Gasteiger partial charge in [-0.1, -0.05) is 12.8 Å². The smallest absolute Gasteiger partial charge is 0.225 e. The van der Waals surface area contributed by atoms with Crippen molar-refractivity contribution in [3.8, 4) is 11.5 Å². The predicted molar refractivity (Wildman–Crippen MR) is 175 cm³/mol. The van der Waals surface area contributed by atoms with Crippen LogP contribution in [0.1, 0.15) is 51.4 Å². The molecule has 1 aliphatic carbocycles. The zero-order valence-corrected chi connectivity index (χ0v) is 26.7. The third-order valence-electron chi connectivity index (χ3n) is 10.0. The zero-order chi connectivity index (χ0) is 29.4. The molecule has 6 rings (SSSR count). The number of anilines is 2. The van der Waals surface area contributed by atoms with Gasteiger partial charge >= 0.3 is 0 Å². The molecule has 2 aromatic rings. The van der Waals surface area contributed by atoms with Crippen LogP contribution in [0.5, 0.6) is 11.5 Å². The Labute approximate surface area is 258 Å². The maximum atomic E-state index is 6.30. The van der Waals surface area contributed by atoms with Crippen LogP contribution in [0.3, 0.4) is 0 Å². The highest BCUT2D eigenvalue weighted by atomic mass is 16.5. The Kier molecular flexibility index (Phi) is 10.7. The Balaban J connectivity index is 1.16. The lowest BCUT2D eigenvalue weighted by Crippen LogP contribution is -2.50. The molecule has 10 heteroatoms. The number of hydrogen-bond donors (Lipinski definition) is 1. The first kappa shape index (κ1) is 30.6. The minimum atomic E-state index is 0.677. The Morgan fingerprint density at radius 3 is 2.26 bits per heavy atom. The number of hydrogen-bond acceptors (Lipinski definition) is 10. The number of ether oxygens (including phenoxy) is 2. The molecule has 3 saturated heterocycles. The van der Waals surface area contributed by atoms with E-state index < -0.39 is 0 Å². The standard InChI is InChI=1S/C33H54N8O2/c1-37-16-18-39(19-17-37)14-7-11-34-33-35-29-26-31(43-24-8-15-38-12-5-6-13-38)30(42-2)25-28(29)32(36-33)41-22-20-40(21-23-41)27-9-3-4-10-27/h25-27H,3-24H2,1-2H3,(H,34,35,36). The van der Waals surface area contributed by atoms with Crippen molar-refractivity contribution in [1.29, 1.82) is 0 Å². The summed E-state index contributed by atoms with van der Waals surface area (Å²) in [6, 6.07) is 4.94. The van der Waals surface area contributed by atoms with E-state index in [0.717, 1.165) is 119 Å². The average Bonchev–Trinajstić information content (AvgIpc) is 3.77. The second-order valence-corrected chi connectivity index (χ2v) is 13.0. The van der Waals surface area contributed by atoms with Crippen LogP contribution in [-0.2, 0) is 0 Å². The topological polar surface area (TPSA) is 72.5 Å². The lowest BCUT2D eigenvalue weighted by Gasteiger charge is -2.39. The molecule has 4 fully saturated rings. The van der Waals surface area contributed by atoms with Crippen molar-refractivity contribution in [1.82, 2.24) is 29.6 Å². The van der Waals surface area contributed by atoms with E-state index in [1.54, 1.807) is 7.11 Å². The van der Waals surface area contributed by atoms with Gasteiger partial charge in [0.05, 0.1) is 19.2 Å². The largest absolute Gasteiger partial charge is 0.493 e. The van der Waals surface area contributed by atoms with E-state index >= 15 is 0 Å². The fourth-order valence-corrected chi connectivity index (χ4v) is 7.33. The lowest BCUT2D eigenvalue weighted by atomic mass is 10.1. The number of methoxy groups -OCH3 is 1. The number of likely N-dealkylation sites (N-methyl/N-ethyl adjacent to an activating group) is 1. The van der Waals surface area contributed by atoms with E-state index in [-0.39, 0.29) is 0 Å². The summed E-state index contributed by atoms with van der Waals surface area (Å²) < 4.78 is 12.1. The molecule has 3 aliphatic heterocycles. The summed E-state index contributed by atoms with van der Waals surface area (Å²) in [5.74, 6) is 3.25. The van der Waals surface area contributed by atoms with Gasteiger partial charge in [-0.05, 0) is 71.3 Å². The van der Waals surface area contributed by atoms with Gasteiger partial charge in [0, 0.05) is 82.9 Å². The van der Waals surface area contributed by atoms with Gasteiger partial charge < -0.3 is 34.4 Å². The normalized spacial score (nSPS) is 21.7. The molecule has 1 saturated carbocycles. The second-order valence-electron chi connectivity index (χ2n) is 13.0. The molecule has 238 valence electrons. The van der Waals surface area contributed by atoms with Crippen molar-refractivity contribution in [3.05, 3.63) is 12.1 Å². The Morgan fingerprint density at radius 1 is 0.791 bits per heavy atom. The number of benzene rings is 1.